The van der Waals surface area contributed by atoms with Gasteiger partial charge in [0.25, 0.3) is 0 Å². The molecule has 0 N–H and O–H groups in total. The molecule has 0 saturated carbocycles. The topological polar surface area (TPSA) is 42.2 Å². The maximum Gasteiger partial charge on any atom is 0.226 e. The number of aromatic nitrogens is 2. The Balaban J connectivity index is 1.70. The molecule has 112 valence electrons. The van der Waals surface area contributed by atoms with Gasteiger partial charge in [0.15, 0.2) is 0 Å². The molecule has 0 radical (unpaired) electrons. The van der Waals surface area contributed by atoms with Crippen molar-refractivity contribution in [2.24, 2.45) is 0 Å². The Hall–Kier alpha value is -2.46. The lowest BCUT2D eigenvalue weighted by atomic mass is 10.1. The summed E-state index contributed by atoms with van der Waals surface area (Å²) in [4.78, 5) is 11.0. The Morgan fingerprint density at radius 2 is 1.95 bits per heavy atom. The van der Waals surface area contributed by atoms with Gasteiger partial charge in [0.05, 0.1) is 5.69 Å². The highest BCUT2D eigenvalue weighted by atomic mass is 16.3. The lowest BCUT2D eigenvalue weighted by molar-refractivity contribution is 0.249. The summed E-state index contributed by atoms with van der Waals surface area (Å²) in [6.07, 6.45) is 5.42. The molecule has 4 nitrogen and oxygen atoms in total. The molecule has 22 heavy (non-hydrogen) atoms. The highest BCUT2D eigenvalue weighted by Crippen LogP contribution is 2.22. The maximum absolute atomic E-state index is 5.59. The smallest absolute Gasteiger partial charge is 0.226 e. The fourth-order valence-electron chi connectivity index (χ4n) is 2.36. The van der Waals surface area contributed by atoms with Crippen LogP contribution in [0, 0.1) is 0 Å². The van der Waals surface area contributed by atoms with Gasteiger partial charge in [0.2, 0.25) is 5.89 Å². The summed E-state index contributed by atoms with van der Waals surface area (Å²) in [5.74, 6) is 0.665. The molecule has 4 heteroatoms. The molecular weight excluding hydrogens is 274 g/mol. The van der Waals surface area contributed by atoms with Crippen LogP contribution in [0.1, 0.15) is 24.2 Å². The quantitative estimate of drug-likeness (QED) is 0.715. The first-order valence-electron chi connectivity index (χ1n) is 7.34. The molecule has 0 aliphatic carbocycles. The Kier molecular flexibility index (Phi) is 4.30. The SMILES string of the molecule is C[C@@H](c1cccnc1)N(C)Cc1coc(-c2ccccc2)n1. The van der Waals surface area contributed by atoms with Gasteiger partial charge in [-0.3, -0.25) is 9.88 Å². The molecule has 0 aliphatic rings. The normalized spacial score (nSPS) is 12.5. The minimum atomic E-state index is 0.269. The zero-order valence-electron chi connectivity index (χ0n) is 12.8. The van der Waals surface area contributed by atoms with E-state index in [0.29, 0.717) is 5.89 Å². The number of pyridine rings is 1. The number of rotatable bonds is 5. The van der Waals surface area contributed by atoms with Gasteiger partial charge in [0, 0.05) is 30.5 Å². The number of benzene rings is 1. The molecule has 0 amide bonds. The van der Waals surface area contributed by atoms with Gasteiger partial charge in [-0.25, -0.2) is 4.98 Å². The van der Waals surface area contributed by atoms with Gasteiger partial charge in [-0.1, -0.05) is 24.3 Å². The second-order valence-electron chi connectivity index (χ2n) is 5.39. The van der Waals surface area contributed by atoms with Crippen molar-refractivity contribution in [2.45, 2.75) is 19.5 Å². The summed E-state index contributed by atoms with van der Waals surface area (Å²) >= 11 is 0. The molecule has 0 saturated heterocycles. The Labute approximate surface area is 130 Å². The predicted molar refractivity (Wildman–Crippen MR) is 86.1 cm³/mol. The average molecular weight is 293 g/mol. The molecule has 0 aliphatic heterocycles. The fraction of sp³-hybridized carbons (Fsp3) is 0.222. The van der Waals surface area contributed by atoms with E-state index in [0.717, 1.165) is 17.8 Å². The second-order valence-corrected chi connectivity index (χ2v) is 5.39. The van der Waals surface area contributed by atoms with Crippen LogP contribution in [0.3, 0.4) is 0 Å². The van der Waals surface area contributed by atoms with Crippen molar-refractivity contribution in [1.82, 2.24) is 14.9 Å². The van der Waals surface area contributed by atoms with Crippen molar-refractivity contribution in [2.75, 3.05) is 7.05 Å². The van der Waals surface area contributed by atoms with Gasteiger partial charge in [-0.2, -0.15) is 0 Å². The Bertz CT molecular complexity index is 709. The molecule has 2 aromatic heterocycles. The van der Waals surface area contributed by atoms with Crippen molar-refractivity contribution in [1.29, 1.82) is 0 Å². The first-order chi connectivity index (χ1) is 10.7. The Morgan fingerprint density at radius 3 is 2.68 bits per heavy atom. The van der Waals surface area contributed by atoms with Crippen LogP contribution in [-0.2, 0) is 6.54 Å². The van der Waals surface area contributed by atoms with E-state index >= 15 is 0 Å². The molecule has 0 fully saturated rings. The maximum atomic E-state index is 5.59. The van der Waals surface area contributed by atoms with E-state index in [1.807, 2.05) is 42.6 Å². The van der Waals surface area contributed by atoms with Gasteiger partial charge >= 0.3 is 0 Å². The van der Waals surface area contributed by atoms with Crippen LogP contribution in [0.5, 0.6) is 0 Å². The third kappa shape index (κ3) is 3.23. The van der Waals surface area contributed by atoms with E-state index in [1.54, 1.807) is 12.5 Å². The summed E-state index contributed by atoms with van der Waals surface area (Å²) in [6.45, 7) is 2.89. The minimum Gasteiger partial charge on any atom is -0.444 e. The van der Waals surface area contributed by atoms with E-state index in [1.165, 1.54) is 5.56 Å². The molecule has 2 heterocycles. The van der Waals surface area contributed by atoms with Gasteiger partial charge in [-0.15, -0.1) is 0 Å². The van der Waals surface area contributed by atoms with E-state index < -0.39 is 0 Å². The largest absolute Gasteiger partial charge is 0.444 e. The summed E-state index contributed by atoms with van der Waals surface area (Å²) in [6, 6.07) is 14.3. The average Bonchev–Trinajstić information content (AvgIpc) is 3.04. The second kappa shape index (κ2) is 6.54. The predicted octanol–water partition coefficient (Wildman–Crippen LogP) is 3.93. The number of oxazole rings is 1. The molecule has 3 aromatic rings. The summed E-state index contributed by atoms with van der Waals surface area (Å²) in [7, 11) is 2.08. The fourth-order valence-corrected chi connectivity index (χ4v) is 2.36. The van der Waals surface area contributed by atoms with Crippen LogP contribution in [-0.4, -0.2) is 21.9 Å². The zero-order chi connectivity index (χ0) is 15.4. The van der Waals surface area contributed by atoms with Crippen LogP contribution < -0.4 is 0 Å². The zero-order valence-corrected chi connectivity index (χ0v) is 12.8. The van der Waals surface area contributed by atoms with Crippen LogP contribution >= 0.6 is 0 Å². The molecular formula is C18H19N3O. The summed E-state index contributed by atoms with van der Waals surface area (Å²) < 4.78 is 5.59. The van der Waals surface area contributed by atoms with E-state index in [-0.39, 0.29) is 6.04 Å². The third-order valence-electron chi connectivity index (χ3n) is 3.81. The van der Waals surface area contributed by atoms with Crippen molar-refractivity contribution < 1.29 is 4.42 Å². The number of hydrogen-bond donors (Lipinski definition) is 0. The first kappa shape index (κ1) is 14.5. The van der Waals surface area contributed by atoms with Gasteiger partial charge in [-0.05, 0) is 37.7 Å². The van der Waals surface area contributed by atoms with E-state index in [2.05, 4.69) is 34.9 Å². The van der Waals surface area contributed by atoms with Gasteiger partial charge < -0.3 is 4.42 Å². The van der Waals surface area contributed by atoms with Crippen molar-refractivity contribution in [3.8, 4) is 11.5 Å². The highest BCUT2D eigenvalue weighted by molar-refractivity contribution is 5.52. The van der Waals surface area contributed by atoms with Crippen molar-refractivity contribution in [3.05, 3.63) is 72.4 Å². The lowest BCUT2D eigenvalue weighted by Gasteiger charge is -2.23. The number of hydrogen-bond acceptors (Lipinski definition) is 4. The van der Waals surface area contributed by atoms with Crippen molar-refractivity contribution in [3.63, 3.8) is 0 Å². The van der Waals surface area contributed by atoms with Crippen LogP contribution in [0.25, 0.3) is 11.5 Å². The van der Waals surface area contributed by atoms with Crippen LogP contribution in [0.2, 0.25) is 0 Å². The first-order valence-corrected chi connectivity index (χ1v) is 7.34. The Morgan fingerprint density at radius 1 is 1.14 bits per heavy atom. The molecule has 1 atom stereocenters. The highest BCUT2D eigenvalue weighted by Gasteiger charge is 2.14. The van der Waals surface area contributed by atoms with Crippen LogP contribution in [0.4, 0.5) is 0 Å². The van der Waals surface area contributed by atoms with Crippen molar-refractivity contribution >= 4 is 0 Å². The molecule has 0 unspecified atom stereocenters. The molecule has 0 spiro atoms. The van der Waals surface area contributed by atoms with Crippen LogP contribution in [0.15, 0.2) is 65.5 Å². The molecule has 0 bridgehead atoms. The molecule has 3 rings (SSSR count). The number of nitrogens with zero attached hydrogens (tertiary/aromatic N) is 3. The monoisotopic (exact) mass is 293 g/mol. The third-order valence-corrected chi connectivity index (χ3v) is 3.81. The minimum absolute atomic E-state index is 0.269. The summed E-state index contributed by atoms with van der Waals surface area (Å²) in [5.41, 5.74) is 3.12. The van der Waals surface area contributed by atoms with Gasteiger partial charge in [0.1, 0.15) is 6.26 Å². The molecule has 1 aromatic carbocycles. The van der Waals surface area contributed by atoms with E-state index in [4.69, 9.17) is 4.42 Å². The lowest BCUT2D eigenvalue weighted by Crippen LogP contribution is -2.22. The summed E-state index contributed by atoms with van der Waals surface area (Å²) in [5, 5.41) is 0. The van der Waals surface area contributed by atoms with E-state index in [9.17, 15) is 0 Å². The standard InChI is InChI=1S/C18H19N3O/c1-14(16-9-6-10-19-11-16)21(2)12-17-13-22-18(20-17)15-7-4-3-5-8-15/h3-11,13-14H,12H2,1-2H3/t14-/m0/s1.